The fraction of sp³-hybridized carbons (Fsp3) is 0.400. The van der Waals surface area contributed by atoms with Gasteiger partial charge in [0.15, 0.2) is 0 Å². The van der Waals surface area contributed by atoms with Crippen molar-refractivity contribution >= 4 is 23.4 Å². The van der Waals surface area contributed by atoms with Crippen LogP contribution >= 0.6 is 11.8 Å². The quantitative estimate of drug-likeness (QED) is 0.827. The van der Waals surface area contributed by atoms with Crippen LogP contribution in [0.1, 0.15) is 24.0 Å². The van der Waals surface area contributed by atoms with E-state index in [1.54, 1.807) is 24.2 Å². The van der Waals surface area contributed by atoms with E-state index in [4.69, 9.17) is 0 Å². The second-order valence-electron chi connectivity index (χ2n) is 6.59. The first-order valence-electron chi connectivity index (χ1n) is 8.76. The molecule has 1 saturated heterocycles. The van der Waals surface area contributed by atoms with E-state index in [2.05, 4.69) is 42.3 Å². The van der Waals surface area contributed by atoms with Crippen LogP contribution < -0.4 is 5.32 Å². The van der Waals surface area contributed by atoms with E-state index in [9.17, 15) is 4.79 Å². The first-order chi connectivity index (χ1) is 12.1. The molecule has 132 valence electrons. The van der Waals surface area contributed by atoms with Crippen LogP contribution in [0.3, 0.4) is 0 Å². The average Bonchev–Trinajstić information content (AvgIpc) is 2.64. The molecular weight excluding hydrogens is 330 g/mol. The summed E-state index contributed by atoms with van der Waals surface area (Å²) in [6.07, 6.45) is 5.68. The molecule has 0 radical (unpaired) electrons. The fourth-order valence-electron chi connectivity index (χ4n) is 3.06. The maximum atomic E-state index is 12.5. The zero-order valence-electron chi connectivity index (χ0n) is 14.9. The molecule has 1 aromatic heterocycles. The van der Waals surface area contributed by atoms with Crippen molar-refractivity contribution in [3.05, 3.63) is 53.9 Å². The van der Waals surface area contributed by atoms with E-state index < -0.39 is 0 Å². The third-order valence-electron chi connectivity index (χ3n) is 4.66. The van der Waals surface area contributed by atoms with Gasteiger partial charge in [-0.3, -0.25) is 9.78 Å². The Balaban J connectivity index is 1.53. The van der Waals surface area contributed by atoms with Crippen molar-refractivity contribution in [1.29, 1.82) is 0 Å². The number of hydrogen-bond acceptors (Lipinski definition) is 4. The van der Waals surface area contributed by atoms with Gasteiger partial charge in [0.2, 0.25) is 5.91 Å². The lowest BCUT2D eigenvalue weighted by Gasteiger charge is -2.34. The molecule has 1 N–H and O–H groups in total. The van der Waals surface area contributed by atoms with Crippen LogP contribution in [0.5, 0.6) is 0 Å². The number of carbonyl (C=O) groups is 1. The van der Waals surface area contributed by atoms with Gasteiger partial charge < -0.3 is 10.2 Å². The number of aromatic nitrogens is 1. The van der Waals surface area contributed by atoms with E-state index in [1.165, 1.54) is 11.1 Å². The molecule has 0 unspecified atom stereocenters. The number of carbonyl (C=O) groups excluding carboxylic acids is 1. The number of hydrogen-bond donors (Lipinski definition) is 1. The maximum absolute atomic E-state index is 12.5. The molecule has 0 saturated carbocycles. The average molecular weight is 356 g/mol. The molecule has 5 heteroatoms. The fourth-order valence-corrected chi connectivity index (χ4v) is 3.85. The molecule has 1 aliphatic rings. The Morgan fingerprint density at radius 1 is 1.24 bits per heavy atom. The van der Waals surface area contributed by atoms with Gasteiger partial charge in [-0.05, 0) is 62.1 Å². The number of rotatable bonds is 5. The number of nitrogens with one attached hydrogen (secondary N) is 1. The van der Waals surface area contributed by atoms with Crippen LogP contribution in [-0.2, 0) is 4.79 Å². The number of nitrogens with zero attached hydrogens (tertiary/aromatic N) is 2. The molecule has 2 heterocycles. The number of anilines is 1. The largest absolute Gasteiger partial charge is 0.381 e. The summed E-state index contributed by atoms with van der Waals surface area (Å²) in [6.45, 7) is 5.90. The van der Waals surface area contributed by atoms with Crippen LogP contribution in [-0.4, -0.2) is 40.7 Å². The van der Waals surface area contributed by atoms with Gasteiger partial charge in [-0.1, -0.05) is 6.07 Å². The highest BCUT2D eigenvalue weighted by Crippen LogP contribution is 2.21. The van der Waals surface area contributed by atoms with Crippen LogP contribution in [0.2, 0.25) is 0 Å². The summed E-state index contributed by atoms with van der Waals surface area (Å²) in [5, 5.41) is 3.60. The lowest BCUT2D eigenvalue weighted by atomic mass is 10.0. The normalized spacial score (nSPS) is 17.4. The number of benzene rings is 1. The van der Waals surface area contributed by atoms with Crippen LogP contribution in [0.25, 0.3) is 0 Å². The lowest BCUT2D eigenvalue weighted by molar-refractivity contribution is -0.129. The Bertz CT molecular complexity index is 720. The van der Waals surface area contributed by atoms with E-state index in [0.29, 0.717) is 11.8 Å². The van der Waals surface area contributed by atoms with Crippen LogP contribution in [0.15, 0.2) is 47.6 Å². The van der Waals surface area contributed by atoms with Crippen molar-refractivity contribution in [1.82, 2.24) is 9.88 Å². The summed E-state index contributed by atoms with van der Waals surface area (Å²) in [6, 6.07) is 10.7. The van der Waals surface area contributed by atoms with Crippen LogP contribution in [0.4, 0.5) is 5.69 Å². The predicted octanol–water partition coefficient (Wildman–Crippen LogP) is 3.89. The molecule has 1 amide bonds. The number of amides is 1. The highest BCUT2D eigenvalue weighted by atomic mass is 32.2. The minimum Gasteiger partial charge on any atom is -0.381 e. The summed E-state index contributed by atoms with van der Waals surface area (Å²) in [5.41, 5.74) is 3.75. The molecule has 0 spiro atoms. The predicted molar refractivity (Wildman–Crippen MR) is 104 cm³/mol. The first-order valence-corrected chi connectivity index (χ1v) is 9.75. The Labute approximate surface area is 154 Å². The smallest absolute Gasteiger partial charge is 0.233 e. The second kappa shape index (κ2) is 8.39. The van der Waals surface area contributed by atoms with Crippen molar-refractivity contribution < 1.29 is 4.79 Å². The summed E-state index contributed by atoms with van der Waals surface area (Å²) < 4.78 is 0. The van der Waals surface area contributed by atoms with Gasteiger partial charge in [-0.15, -0.1) is 11.8 Å². The molecule has 25 heavy (non-hydrogen) atoms. The molecular formula is C20H25N3OS. The van der Waals surface area contributed by atoms with Gasteiger partial charge in [0, 0.05) is 42.1 Å². The van der Waals surface area contributed by atoms with E-state index in [-0.39, 0.29) is 5.91 Å². The van der Waals surface area contributed by atoms with E-state index >= 15 is 0 Å². The highest BCUT2D eigenvalue weighted by molar-refractivity contribution is 8.00. The minimum absolute atomic E-state index is 0.216. The SMILES string of the molecule is Cc1ccc(N[C@@H]2CCCN(C(=O)CSc3ccncc3)C2)cc1C. The van der Waals surface area contributed by atoms with Gasteiger partial charge in [-0.2, -0.15) is 0 Å². The van der Waals surface area contributed by atoms with Crippen molar-refractivity contribution in [2.45, 2.75) is 37.6 Å². The summed E-state index contributed by atoms with van der Waals surface area (Å²) in [4.78, 5) is 19.6. The van der Waals surface area contributed by atoms with Gasteiger partial charge in [0.05, 0.1) is 5.75 Å². The Morgan fingerprint density at radius 3 is 2.80 bits per heavy atom. The molecule has 0 bridgehead atoms. The minimum atomic E-state index is 0.216. The zero-order chi connectivity index (χ0) is 17.6. The summed E-state index contributed by atoms with van der Waals surface area (Å²) in [5.74, 6) is 0.703. The summed E-state index contributed by atoms with van der Waals surface area (Å²) in [7, 11) is 0. The number of piperidine rings is 1. The van der Waals surface area contributed by atoms with Crippen molar-refractivity contribution in [2.24, 2.45) is 0 Å². The van der Waals surface area contributed by atoms with Crippen molar-refractivity contribution in [2.75, 3.05) is 24.2 Å². The zero-order valence-corrected chi connectivity index (χ0v) is 15.7. The third kappa shape index (κ3) is 4.98. The molecule has 3 rings (SSSR count). The topological polar surface area (TPSA) is 45.2 Å². The Hall–Kier alpha value is -2.01. The number of thioether (sulfide) groups is 1. The molecule has 1 atom stereocenters. The number of aryl methyl sites for hydroxylation is 2. The van der Waals surface area contributed by atoms with E-state index in [1.807, 2.05) is 17.0 Å². The Kier molecular flexibility index (Phi) is 5.97. The van der Waals surface area contributed by atoms with Crippen LogP contribution in [0, 0.1) is 13.8 Å². The molecule has 2 aromatic rings. The molecule has 1 aromatic carbocycles. The van der Waals surface area contributed by atoms with Gasteiger partial charge in [0.1, 0.15) is 0 Å². The van der Waals surface area contributed by atoms with E-state index in [0.717, 1.165) is 36.5 Å². The van der Waals surface area contributed by atoms with Crippen molar-refractivity contribution in [3.63, 3.8) is 0 Å². The molecule has 1 aliphatic heterocycles. The Morgan fingerprint density at radius 2 is 2.04 bits per heavy atom. The molecule has 1 fully saturated rings. The monoisotopic (exact) mass is 355 g/mol. The first kappa shape index (κ1) is 17.8. The number of likely N-dealkylation sites (tertiary alicyclic amines) is 1. The van der Waals surface area contributed by atoms with Crippen molar-refractivity contribution in [3.8, 4) is 0 Å². The van der Waals surface area contributed by atoms with Gasteiger partial charge >= 0.3 is 0 Å². The maximum Gasteiger partial charge on any atom is 0.233 e. The molecule has 4 nitrogen and oxygen atoms in total. The number of pyridine rings is 1. The summed E-state index contributed by atoms with van der Waals surface area (Å²) >= 11 is 1.58. The third-order valence-corrected chi connectivity index (χ3v) is 5.66. The van der Waals surface area contributed by atoms with Gasteiger partial charge in [0.25, 0.3) is 0 Å². The standard InChI is InChI=1S/C20H25N3OS/c1-15-5-6-17(12-16(15)2)22-18-4-3-11-23(13-18)20(24)14-25-19-7-9-21-10-8-19/h5-10,12,18,22H,3-4,11,13-14H2,1-2H3/t18-/m1/s1. The van der Waals surface area contributed by atoms with Gasteiger partial charge in [-0.25, -0.2) is 0 Å². The second-order valence-corrected chi connectivity index (χ2v) is 7.64. The lowest BCUT2D eigenvalue weighted by Crippen LogP contribution is -2.45. The molecule has 0 aliphatic carbocycles. The highest BCUT2D eigenvalue weighted by Gasteiger charge is 2.23.